The highest BCUT2D eigenvalue weighted by Crippen LogP contribution is 2.36. The van der Waals surface area contributed by atoms with Crippen molar-refractivity contribution >= 4 is 33.9 Å². The molecule has 206 valence electrons. The molecule has 1 atom stereocenters. The van der Waals surface area contributed by atoms with Crippen molar-refractivity contribution in [3.63, 3.8) is 0 Å². The van der Waals surface area contributed by atoms with Gasteiger partial charge in [-0.15, -0.1) is 12.0 Å². The third-order valence-corrected chi connectivity index (χ3v) is 6.55. The zero-order chi connectivity index (χ0) is 28.3. The fourth-order valence-corrected chi connectivity index (χ4v) is 4.48. The molecular formula is C28H31ClF3N7. The van der Waals surface area contributed by atoms with Crippen molar-refractivity contribution in [1.82, 2.24) is 25.9 Å². The molecule has 4 N–H and O–H groups in total. The van der Waals surface area contributed by atoms with Crippen LogP contribution < -0.4 is 21.6 Å². The number of hydrazine groups is 2. The summed E-state index contributed by atoms with van der Waals surface area (Å²) in [7, 11) is 0. The molecule has 2 aromatic heterocycles. The normalized spacial score (nSPS) is 14.3. The average Bonchev–Trinajstić information content (AvgIpc) is 3.36. The Labute approximate surface area is 231 Å². The van der Waals surface area contributed by atoms with Crippen LogP contribution in [0.2, 0.25) is 5.02 Å². The largest absolute Gasteiger partial charge is 0.383 e. The third-order valence-electron chi connectivity index (χ3n) is 6.26. The minimum atomic E-state index is -1.01. The van der Waals surface area contributed by atoms with Gasteiger partial charge in [0.25, 0.3) is 0 Å². The highest BCUT2D eigenvalue weighted by molar-refractivity contribution is 6.35. The zero-order valence-electron chi connectivity index (χ0n) is 22.2. The summed E-state index contributed by atoms with van der Waals surface area (Å²) in [6, 6.07) is 4.85. The molecule has 0 bridgehead atoms. The highest BCUT2D eigenvalue weighted by atomic mass is 35.5. The fourth-order valence-electron chi connectivity index (χ4n) is 4.21. The maximum absolute atomic E-state index is 13.9. The van der Waals surface area contributed by atoms with Gasteiger partial charge in [0.15, 0.2) is 0 Å². The summed E-state index contributed by atoms with van der Waals surface area (Å²) in [6.45, 7) is 6.89. The first-order valence-electron chi connectivity index (χ1n) is 12.4. The van der Waals surface area contributed by atoms with E-state index in [2.05, 4.69) is 58.3 Å². The lowest BCUT2D eigenvalue weighted by atomic mass is 9.96. The fraction of sp³-hybridized carbons (Fsp3) is 0.357. The average molecular weight is 558 g/mol. The molecule has 0 saturated carbocycles. The van der Waals surface area contributed by atoms with Crippen molar-refractivity contribution < 1.29 is 13.2 Å². The molecule has 3 heterocycles. The van der Waals surface area contributed by atoms with Crippen LogP contribution in [-0.4, -0.2) is 40.9 Å². The molecule has 4 rings (SSSR count). The number of rotatable bonds is 9. The summed E-state index contributed by atoms with van der Waals surface area (Å²) in [4.78, 5) is 8.44. The Balaban J connectivity index is 1.80. The number of anilines is 2. The number of benzene rings is 1. The van der Waals surface area contributed by atoms with Gasteiger partial charge in [0, 0.05) is 41.3 Å². The van der Waals surface area contributed by atoms with Crippen molar-refractivity contribution in [2.75, 3.05) is 30.5 Å². The van der Waals surface area contributed by atoms with Gasteiger partial charge in [-0.2, -0.15) is 4.39 Å². The molecule has 0 fully saturated rings. The lowest BCUT2D eigenvalue weighted by molar-refractivity contribution is 0.139. The van der Waals surface area contributed by atoms with Crippen LogP contribution in [0.5, 0.6) is 0 Å². The number of alkyl halides is 2. The number of nitrogens with one attached hydrogen (secondary N) is 4. The van der Waals surface area contributed by atoms with Crippen LogP contribution in [0.1, 0.15) is 43.6 Å². The van der Waals surface area contributed by atoms with Crippen LogP contribution >= 0.6 is 11.6 Å². The highest BCUT2D eigenvalue weighted by Gasteiger charge is 2.28. The van der Waals surface area contributed by atoms with Crippen molar-refractivity contribution in [1.29, 1.82) is 0 Å². The van der Waals surface area contributed by atoms with Gasteiger partial charge >= 0.3 is 0 Å². The van der Waals surface area contributed by atoms with E-state index in [0.29, 0.717) is 45.3 Å². The topological polar surface area (TPSA) is 77.1 Å². The summed E-state index contributed by atoms with van der Waals surface area (Å²) in [6.07, 6.45) is 8.97. The van der Waals surface area contributed by atoms with Crippen LogP contribution in [0.15, 0.2) is 42.4 Å². The predicted octanol–water partition coefficient (Wildman–Crippen LogP) is 5.80. The lowest BCUT2D eigenvalue weighted by Crippen LogP contribution is -2.45. The summed E-state index contributed by atoms with van der Waals surface area (Å²) >= 11 is 6.69. The van der Waals surface area contributed by atoms with E-state index >= 15 is 0 Å². The van der Waals surface area contributed by atoms with Crippen molar-refractivity contribution in [2.45, 2.75) is 39.8 Å². The molecule has 1 aliphatic rings. The van der Waals surface area contributed by atoms with E-state index < -0.39 is 31.4 Å². The molecule has 0 aliphatic carbocycles. The van der Waals surface area contributed by atoms with Crippen LogP contribution in [-0.2, 0) is 0 Å². The predicted molar refractivity (Wildman–Crippen MR) is 150 cm³/mol. The molecule has 0 amide bonds. The standard InChI is InChI=1S/C28H31ClF3N7/c1-6-17-13-33-26-21(25(17)34-15-28(3,4)5)9-18(10-22(26)29)36-27(20-7-8-24(32)35-16(20)2)23-14-39(38-37-23)19(11-30)12-31/h1,7-10,13-14,19,27,36-38H,11-12,15H2,2-5H3,(H,33,34)/t27-/m0/s1. The molecule has 3 aromatic rings. The van der Waals surface area contributed by atoms with Gasteiger partial charge in [-0.1, -0.05) is 44.4 Å². The van der Waals surface area contributed by atoms with Gasteiger partial charge in [0.2, 0.25) is 5.95 Å². The smallest absolute Gasteiger partial charge is 0.213 e. The van der Waals surface area contributed by atoms with Crippen LogP contribution in [0.3, 0.4) is 0 Å². The van der Waals surface area contributed by atoms with Crippen molar-refractivity contribution in [3.05, 3.63) is 70.2 Å². The van der Waals surface area contributed by atoms with Gasteiger partial charge in [0.05, 0.1) is 33.5 Å². The second-order valence-electron chi connectivity index (χ2n) is 10.5. The first-order chi connectivity index (χ1) is 18.5. The number of aryl methyl sites for hydroxylation is 1. The maximum atomic E-state index is 13.9. The van der Waals surface area contributed by atoms with Gasteiger partial charge in [-0.3, -0.25) is 9.99 Å². The summed E-state index contributed by atoms with van der Waals surface area (Å²) < 4.78 is 40.6. The number of nitrogens with zero attached hydrogens (tertiary/aromatic N) is 3. The van der Waals surface area contributed by atoms with E-state index in [4.69, 9.17) is 18.0 Å². The molecule has 11 heteroatoms. The van der Waals surface area contributed by atoms with Gasteiger partial charge < -0.3 is 16.1 Å². The molecule has 1 aliphatic heterocycles. The molecule has 0 unspecified atom stereocenters. The summed E-state index contributed by atoms with van der Waals surface area (Å²) in [5.41, 5.74) is 9.88. The molecule has 0 radical (unpaired) electrons. The monoisotopic (exact) mass is 557 g/mol. The van der Waals surface area contributed by atoms with E-state index in [1.807, 2.05) is 6.07 Å². The number of hydrogen-bond donors (Lipinski definition) is 4. The number of halogens is 4. The molecule has 7 nitrogen and oxygen atoms in total. The second-order valence-corrected chi connectivity index (χ2v) is 10.9. The van der Waals surface area contributed by atoms with E-state index in [1.165, 1.54) is 11.1 Å². The van der Waals surface area contributed by atoms with E-state index in [1.54, 1.807) is 31.5 Å². The molecular weight excluding hydrogens is 527 g/mol. The Morgan fingerprint density at radius 3 is 2.59 bits per heavy atom. The Bertz CT molecular complexity index is 1430. The Kier molecular flexibility index (Phi) is 8.42. The minimum Gasteiger partial charge on any atom is -0.383 e. The number of pyridine rings is 2. The van der Waals surface area contributed by atoms with Crippen molar-refractivity contribution in [2.24, 2.45) is 5.41 Å². The maximum Gasteiger partial charge on any atom is 0.213 e. The molecule has 0 saturated heterocycles. The molecule has 0 spiro atoms. The first kappa shape index (κ1) is 28.3. The minimum absolute atomic E-state index is 0.0180. The number of terminal acetylenes is 1. The van der Waals surface area contributed by atoms with Gasteiger partial charge in [0.1, 0.15) is 19.4 Å². The second kappa shape index (κ2) is 11.6. The molecule has 39 heavy (non-hydrogen) atoms. The number of aromatic nitrogens is 2. The van der Waals surface area contributed by atoms with Gasteiger partial charge in [-0.05, 0) is 30.5 Å². The Morgan fingerprint density at radius 2 is 1.95 bits per heavy atom. The zero-order valence-corrected chi connectivity index (χ0v) is 22.9. The SMILES string of the molecule is C#Cc1cnc2c(Cl)cc(N[C@H](C3=CN(C(CF)CF)NN3)c3ccc(F)nc3C)cc2c1NCC(C)(C)C. The summed E-state index contributed by atoms with van der Waals surface area (Å²) in [5, 5.41) is 9.32. The summed E-state index contributed by atoms with van der Waals surface area (Å²) in [5.74, 6) is 2.07. The number of fused-ring (bicyclic) bond motifs is 1. The van der Waals surface area contributed by atoms with Crippen molar-refractivity contribution in [3.8, 4) is 12.3 Å². The third kappa shape index (κ3) is 6.32. The Hall–Kier alpha value is -3.68. The first-order valence-corrected chi connectivity index (χ1v) is 12.8. The van der Waals surface area contributed by atoms with Crippen LogP contribution in [0, 0.1) is 30.6 Å². The van der Waals surface area contributed by atoms with Crippen LogP contribution in [0.4, 0.5) is 24.5 Å². The van der Waals surface area contributed by atoms with Crippen LogP contribution in [0.25, 0.3) is 10.9 Å². The van der Waals surface area contributed by atoms with Gasteiger partial charge in [-0.25, -0.2) is 13.8 Å². The lowest BCUT2D eigenvalue weighted by Gasteiger charge is -2.24. The Morgan fingerprint density at radius 1 is 1.21 bits per heavy atom. The van der Waals surface area contributed by atoms with E-state index in [9.17, 15) is 13.2 Å². The molecule has 1 aromatic carbocycles. The van der Waals surface area contributed by atoms with E-state index in [0.717, 1.165) is 11.1 Å². The van der Waals surface area contributed by atoms with E-state index in [-0.39, 0.29) is 5.41 Å². The quantitative estimate of drug-likeness (QED) is 0.196. The number of hydrogen-bond acceptors (Lipinski definition) is 7.